The van der Waals surface area contributed by atoms with Gasteiger partial charge in [-0.15, -0.1) is 6.92 Å². The predicted molar refractivity (Wildman–Crippen MR) is 139 cm³/mol. The van der Waals surface area contributed by atoms with Gasteiger partial charge >= 0.3 is 42.1 Å². The first-order valence-corrected chi connectivity index (χ1v) is 12.5. The summed E-state index contributed by atoms with van der Waals surface area (Å²) in [7, 11) is 0. The zero-order valence-corrected chi connectivity index (χ0v) is 25.8. The van der Waals surface area contributed by atoms with E-state index < -0.39 is 5.97 Å². The monoisotopic (exact) mass is 622 g/mol. The molecule has 39 heavy (non-hydrogen) atoms. The summed E-state index contributed by atoms with van der Waals surface area (Å²) in [6.07, 6.45) is 7.98. The average Bonchev–Trinajstić information content (AvgIpc) is 3.34. The molecule has 0 atom stereocenters. The van der Waals surface area contributed by atoms with Crippen molar-refractivity contribution in [2.24, 2.45) is 0 Å². The quantitative estimate of drug-likeness (QED) is 0.137. The SMILES string of the molecule is CC(C)c1cccc(C(C)C)c1-n1[c-][n+](-c2c(C(C)C)cccc2C(C)C)cc1.CC([O-])([O-])[O-].[C-]#[O+].[C-]#[O+].[Rh+3]. The molecule has 0 fully saturated rings. The Balaban J connectivity index is 0. The van der Waals surface area contributed by atoms with Gasteiger partial charge in [0.05, 0.1) is 11.4 Å². The Kier molecular flexibility index (Phi) is 18.0. The van der Waals surface area contributed by atoms with Crippen molar-refractivity contribution in [3.05, 3.63) is 90.7 Å². The number of nitrogens with zero attached hydrogens (tertiary/aromatic N) is 2. The first-order valence-electron chi connectivity index (χ1n) is 12.5. The molecule has 0 aliphatic carbocycles. The Bertz CT molecular complexity index is 1030. The summed E-state index contributed by atoms with van der Waals surface area (Å²) in [4.78, 5) is 0. The first kappa shape index (κ1) is 38.8. The molecule has 3 aromatic rings. The molecule has 0 radical (unpaired) electrons. The van der Waals surface area contributed by atoms with Gasteiger partial charge in [-0.25, -0.2) is 0 Å². The van der Waals surface area contributed by atoms with Crippen LogP contribution in [0.2, 0.25) is 0 Å². The van der Waals surface area contributed by atoms with E-state index in [0.29, 0.717) is 30.6 Å². The van der Waals surface area contributed by atoms with E-state index in [0.717, 1.165) is 0 Å². The Morgan fingerprint density at radius 1 is 0.718 bits per heavy atom. The van der Waals surface area contributed by atoms with Crippen LogP contribution in [0.3, 0.4) is 0 Å². The third-order valence-corrected chi connectivity index (χ3v) is 5.75. The standard InChI is InChI=1S/C27H36N2.C2H3O3.2CO.Rh/c1-18(2)22-11-9-12-23(19(3)4)26(22)28-15-16-29(17-28)27-24(20(5)6)13-10-14-25(27)21(7)8;1-2(3,4)5;2*1-2;/h9-16,18-21H,1-8H3;1H3;;;/q;-3;;;+3. The Hall–Kier alpha value is -2.37. The van der Waals surface area contributed by atoms with Crippen LogP contribution in [0.1, 0.15) is 108 Å². The molecule has 0 N–H and O–H groups in total. The second-order valence-electron chi connectivity index (χ2n) is 10.2. The molecule has 0 saturated carbocycles. The molecule has 0 unspecified atom stereocenters. The molecule has 0 bridgehead atoms. The van der Waals surface area contributed by atoms with Crippen LogP contribution in [0.15, 0.2) is 48.8 Å². The van der Waals surface area contributed by atoms with E-state index >= 15 is 0 Å². The van der Waals surface area contributed by atoms with Crippen LogP contribution in [-0.2, 0) is 28.8 Å². The summed E-state index contributed by atoms with van der Waals surface area (Å²) >= 11 is 0. The fourth-order valence-corrected chi connectivity index (χ4v) is 4.14. The fourth-order valence-electron chi connectivity index (χ4n) is 4.14. The van der Waals surface area contributed by atoms with Gasteiger partial charge in [0, 0.05) is 12.4 Å². The van der Waals surface area contributed by atoms with Gasteiger partial charge in [-0.1, -0.05) is 91.8 Å². The van der Waals surface area contributed by atoms with E-state index in [9.17, 15) is 0 Å². The summed E-state index contributed by atoms with van der Waals surface area (Å²) in [5.41, 5.74) is 8.05. The zero-order valence-electron chi connectivity index (χ0n) is 24.2. The molecule has 0 aliphatic rings. The van der Waals surface area contributed by atoms with E-state index in [4.69, 9.17) is 24.6 Å². The van der Waals surface area contributed by atoms with Crippen LogP contribution in [0.25, 0.3) is 11.4 Å². The number of hydrogen-bond acceptors (Lipinski definition) is 3. The summed E-state index contributed by atoms with van der Waals surface area (Å²) < 4.78 is 19.4. The van der Waals surface area contributed by atoms with E-state index in [1.54, 1.807) is 0 Å². The van der Waals surface area contributed by atoms with E-state index in [1.165, 1.54) is 33.6 Å². The van der Waals surface area contributed by atoms with Crippen molar-refractivity contribution in [3.63, 3.8) is 0 Å². The van der Waals surface area contributed by atoms with Crippen molar-refractivity contribution in [1.29, 1.82) is 0 Å². The predicted octanol–water partition coefficient (Wildman–Crippen LogP) is 3.71. The van der Waals surface area contributed by atoms with Crippen molar-refractivity contribution in [1.82, 2.24) is 4.57 Å². The number of hydrogen-bond donors (Lipinski definition) is 0. The van der Waals surface area contributed by atoms with Gasteiger partial charge in [-0.2, -0.15) is 0 Å². The molecule has 0 saturated heterocycles. The van der Waals surface area contributed by atoms with Gasteiger partial charge in [0.15, 0.2) is 0 Å². The number of imidazole rings is 1. The summed E-state index contributed by atoms with van der Waals surface area (Å²) in [5, 5.41) is 27.0. The van der Waals surface area contributed by atoms with E-state index in [1.807, 2.05) is 0 Å². The van der Waals surface area contributed by atoms with Crippen molar-refractivity contribution < 1.29 is 48.7 Å². The normalized spacial score (nSPS) is 10.6. The minimum atomic E-state index is -3.25. The summed E-state index contributed by atoms with van der Waals surface area (Å²) in [6.45, 7) is 27.7. The molecule has 1 heterocycles. The second-order valence-corrected chi connectivity index (χ2v) is 10.2. The van der Waals surface area contributed by atoms with Crippen LogP contribution >= 0.6 is 0 Å². The van der Waals surface area contributed by atoms with Crippen molar-refractivity contribution in [3.8, 4) is 11.4 Å². The maximum atomic E-state index is 8.99. The van der Waals surface area contributed by atoms with Gasteiger partial charge in [0.25, 0.3) is 6.33 Å². The average molecular weight is 623 g/mol. The van der Waals surface area contributed by atoms with Crippen LogP contribution in [0, 0.1) is 19.6 Å². The van der Waals surface area contributed by atoms with Gasteiger partial charge in [0.1, 0.15) is 0 Å². The minimum absolute atomic E-state index is 0. The maximum absolute atomic E-state index is 8.99. The number of benzene rings is 2. The smallest absolute Gasteiger partial charge is 3.00 e. The van der Waals surface area contributed by atoms with Crippen LogP contribution in [-0.4, -0.2) is 10.5 Å². The molecule has 212 valence electrons. The van der Waals surface area contributed by atoms with Gasteiger partial charge < -0.3 is 21.3 Å². The second kappa shape index (κ2) is 18.1. The minimum Gasteiger partial charge on any atom is 3.00 e. The van der Waals surface area contributed by atoms with E-state index in [2.05, 4.69) is 133 Å². The van der Waals surface area contributed by atoms with Gasteiger partial charge in [-0.3, -0.25) is 9.13 Å². The molecule has 0 amide bonds. The summed E-state index contributed by atoms with van der Waals surface area (Å²) in [5.74, 6) is -1.41. The van der Waals surface area contributed by atoms with Crippen LogP contribution < -0.4 is 19.9 Å². The third kappa shape index (κ3) is 11.7. The Labute approximate surface area is 246 Å². The molecule has 3 rings (SSSR count). The third-order valence-electron chi connectivity index (χ3n) is 5.75. The molecular weight excluding hydrogens is 583 g/mol. The van der Waals surface area contributed by atoms with Crippen molar-refractivity contribution >= 4 is 0 Å². The number of rotatable bonds is 6. The Morgan fingerprint density at radius 2 is 1.03 bits per heavy atom. The molecule has 8 heteroatoms. The van der Waals surface area contributed by atoms with Crippen LogP contribution in [0.5, 0.6) is 0 Å². The Morgan fingerprint density at radius 3 is 1.33 bits per heavy atom. The zero-order chi connectivity index (χ0) is 29.8. The topological polar surface area (TPSA) is 118 Å². The van der Waals surface area contributed by atoms with Gasteiger partial charge in [0.2, 0.25) is 0 Å². The van der Waals surface area contributed by atoms with Crippen molar-refractivity contribution in [2.45, 2.75) is 92.0 Å². The fraction of sp³-hybridized carbons (Fsp3) is 0.452. The summed E-state index contributed by atoms with van der Waals surface area (Å²) in [6, 6.07) is 13.4. The van der Waals surface area contributed by atoms with Gasteiger partial charge in [-0.05, 0) is 45.9 Å². The molecule has 2 aromatic carbocycles. The molecule has 1 aromatic heterocycles. The largest absolute Gasteiger partial charge is 3.00 e. The number of para-hydroxylation sites is 2. The maximum Gasteiger partial charge on any atom is 3.00 e. The molecule has 7 nitrogen and oxygen atoms in total. The molecular formula is C31H39N2O5Rh. The number of aromatic nitrogens is 2. The van der Waals surface area contributed by atoms with E-state index in [-0.39, 0.29) is 19.5 Å². The molecule has 0 aliphatic heterocycles. The van der Waals surface area contributed by atoms with Crippen molar-refractivity contribution in [2.75, 3.05) is 0 Å². The first-order chi connectivity index (χ1) is 17.7. The molecule has 0 spiro atoms. The van der Waals surface area contributed by atoms with Crippen LogP contribution in [0.4, 0.5) is 0 Å².